The zero-order chi connectivity index (χ0) is 16.2. The quantitative estimate of drug-likeness (QED) is 0.474. The summed E-state index contributed by atoms with van der Waals surface area (Å²) < 4.78 is 8.20. The Bertz CT molecular complexity index is 789. The lowest BCUT2D eigenvalue weighted by Crippen LogP contribution is -2.33. The average Bonchev–Trinajstić information content (AvgIpc) is 2.95. The predicted octanol–water partition coefficient (Wildman–Crippen LogP) is -1.91. The number of fused-ring (bicyclic) bond motifs is 1. The van der Waals surface area contributed by atoms with Crippen LogP contribution in [-0.2, 0) is 11.8 Å². The lowest BCUT2D eigenvalue weighted by molar-refractivity contribution is -0.0570. The van der Waals surface area contributed by atoms with E-state index < -0.39 is 36.8 Å². The number of nitrogens with zero attached hydrogens (tertiary/aromatic N) is 4. The van der Waals surface area contributed by atoms with Gasteiger partial charge in [-0.05, 0) is 15.9 Å². The molecule has 11 heteroatoms. The maximum atomic E-state index is 11.8. The first-order valence-electron chi connectivity index (χ1n) is 6.39. The highest BCUT2D eigenvalue weighted by atomic mass is 79.9. The van der Waals surface area contributed by atoms with Gasteiger partial charge in [0.05, 0.1) is 12.0 Å². The van der Waals surface area contributed by atoms with Crippen molar-refractivity contribution in [2.45, 2.75) is 24.5 Å². The molecular formula is C11H14BrN5O5. The van der Waals surface area contributed by atoms with E-state index in [0.717, 1.165) is 0 Å². The molecule has 0 aromatic carbocycles. The van der Waals surface area contributed by atoms with E-state index in [9.17, 15) is 15.0 Å². The first-order chi connectivity index (χ1) is 10.4. The van der Waals surface area contributed by atoms with E-state index >= 15 is 0 Å². The molecule has 22 heavy (non-hydrogen) atoms. The molecule has 0 saturated carbocycles. The molecule has 10 nitrogen and oxygen atoms in total. The number of anilines is 1. The normalized spacial score (nSPS) is 28.6. The maximum absolute atomic E-state index is 11.8. The first-order valence-corrected chi connectivity index (χ1v) is 7.18. The molecule has 0 unspecified atom stereocenters. The molecule has 3 rings (SSSR count). The number of hydrogen-bond acceptors (Lipinski definition) is 8. The Morgan fingerprint density at radius 2 is 2.09 bits per heavy atom. The minimum absolute atomic E-state index is 0.0111. The smallest absolute Gasteiger partial charge is 0.350 e. The third-order valence-electron chi connectivity index (χ3n) is 3.68. The average molecular weight is 376 g/mol. The lowest BCUT2D eigenvalue weighted by Gasteiger charge is -2.17. The second kappa shape index (κ2) is 5.28. The standard InChI is InChI=1S/C11H14BrN5O5/c1-16-9-4(8(13)14-11(16)21)7(12)15-17(9)10-6(20)5(19)3(2-18)22-10/h3,5-6,10,18-20H,2H2,1H3,(H2,13,14,21)/t3-,5-,6-,10-/m1/s1. The molecule has 2 aromatic rings. The summed E-state index contributed by atoms with van der Waals surface area (Å²) in [5, 5.41) is 33.7. The largest absolute Gasteiger partial charge is 0.394 e. The van der Waals surface area contributed by atoms with Crippen molar-refractivity contribution in [1.29, 1.82) is 0 Å². The molecule has 0 aliphatic carbocycles. The van der Waals surface area contributed by atoms with Gasteiger partial charge in [-0.25, -0.2) is 9.48 Å². The number of halogens is 1. The predicted molar refractivity (Wildman–Crippen MR) is 77.9 cm³/mol. The van der Waals surface area contributed by atoms with Crippen LogP contribution in [0.2, 0.25) is 0 Å². The summed E-state index contributed by atoms with van der Waals surface area (Å²) in [6.07, 6.45) is -4.62. The summed E-state index contributed by atoms with van der Waals surface area (Å²) in [7, 11) is 1.48. The Morgan fingerprint density at radius 3 is 2.68 bits per heavy atom. The summed E-state index contributed by atoms with van der Waals surface area (Å²) in [6.45, 7) is -0.461. The van der Waals surface area contributed by atoms with Gasteiger partial charge in [0.1, 0.15) is 34.4 Å². The lowest BCUT2D eigenvalue weighted by atomic mass is 10.1. The molecule has 0 amide bonds. The van der Waals surface area contributed by atoms with Gasteiger partial charge in [0.25, 0.3) is 0 Å². The minimum atomic E-state index is -1.32. The molecule has 0 bridgehead atoms. The van der Waals surface area contributed by atoms with Gasteiger partial charge < -0.3 is 25.8 Å². The molecule has 2 aromatic heterocycles. The Morgan fingerprint density at radius 1 is 1.41 bits per heavy atom. The van der Waals surface area contributed by atoms with E-state index in [4.69, 9.17) is 15.6 Å². The van der Waals surface area contributed by atoms with Crippen LogP contribution in [0, 0.1) is 0 Å². The van der Waals surface area contributed by atoms with Crippen molar-refractivity contribution in [3.05, 3.63) is 15.1 Å². The van der Waals surface area contributed by atoms with Gasteiger partial charge in [0, 0.05) is 7.05 Å². The Hall–Kier alpha value is -1.53. The van der Waals surface area contributed by atoms with E-state index in [0.29, 0.717) is 9.99 Å². The molecule has 0 spiro atoms. The molecule has 5 N–H and O–H groups in total. The third-order valence-corrected chi connectivity index (χ3v) is 4.23. The number of hydrogen-bond donors (Lipinski definition) is 4. The molecule has 0 radical (unpaired) electrons. The molecule has 1 aliphatic heterocycles. The Balaban J connectivity index is 2.23. The molecule has 120 valence electrons. The number of aryl methyl sites for hydroxylation is 1. The van der Waals surface area contributed by atoms with E-state index in [1.165, 1.54) is 16.3 Å². The van der Waals surface area contributed by atoms with Gasteiger partial charge in [-0.1, -0.05) is 0 Å². The van der Waals surface area contributed by atoms with Crippen molar-refractivity contribution >= 4 is 32.8 Å². The van der Waals surface area contributed by atoms with Crippen LogP contribution < -0.4 is 11.4 Å². The van der Waals surface area contributed by atoms with Crippen molar-refractivity contribution in [1.82, 2.24) is 19.3 Å². The van der Waals surface area contributed by atoms with Crippen molar-refractivity contribution in [3.63, 3.8) is 0 Å². The summed E-state index contributed by atoms with van der Waals surface area (Å²) in [4.78, 5) is 15.5. The van der Waals surface area contributed by atoms with Crippen LogP contribution in [0.25, 0.3) is 11.0 Å². The van der Waals surface area contributed by atoms with E-state index in [-0.39, 0.29) is 11.5 Å². The number of aromatic nitrogens is 4. The minimum Gasteiger partial charge on any atom is -0.394 e. The number of ether oxygens (including phenoxy) is 1. The monoisotopic (exact) mass is 375 g/mol. The fourth-order valence-corrected chi connectivity index (χ4v) is 3.08. The number of nitrogen functional groups attached to an aromatic ring is 1. The van der Waals surface area contributed by atoms with Gasteiger partial charge in [0.15, 0.2) is 6.23 Å². The van der Waals surface area contributed by atoms with Crippen LogP contribution in [-0.4, -0.2) is 59.6 Å². The SMILES string of the molecule is Cn1c(=O)nc(N)c2c(Br)nn([C@@H]3O[C@H](CO)[C@@H](O)[C@H]3O)c21. The van der Waals surface area contributed by atoms with Gasteiger partial charge in [-0.2, -0.15) is 10.1 Å². The number of aliphatic hydroxyl groups excluding tert-OH is 3. The first kappa shape index (κ1) is 15.4. The zero-order valence-electron chi connectivity index (χ0n) is 11.4. The van der Waals surface area contributed by atoms with Crippen LogP contribution in [0.4, 0.5) is 5.82 Å². The number of rotatable bonds is 2. The van der Waals surface area contributed by atoms with Crippen molar-refractivity contribution in [3.8, 4) is 0 Å². The summed E-state index contributed by atoms with van der Waals surface area (Å²) in [6, 6.07) is 0. The van der Waals surface area contributed by atoms with Gasteiger partial charge in [-0.15, -0.1) is 0 Å². The van der Waals surface area contributed by atoms with Gasteiger partial charge in [0.2, 0.25) is 0 Å². The van der Waals surface area contributed by atoms with E-state index in [1.54, 1.807) is 0 Å². The zero-order valence-corrected chi connectivity index (χ0v) is 13.0. The highest BCUT2D eigenvalue weighted by Crippen LogP contribution is 2.34. The Labute approximate surface area is 131 Å². The topological polar surface area (TPSA) is 149 Å². The highest BCUT2D eigenvalue weighted by molar-refractivity contribution is 9.10. The number of nitrogens with two attached hydrogens (primary N) is 1. The summed E-state index contributed by atoms with van der Waals surface area (Å²) in [5.41, 5.74) is 5.44. The summed E-state index contributed by atoms with van der Waals surface area (Å²) in [5.74, 6) is -0.0111. The maximum Gasteiger partial charge on any atom is 0.350 e. The molecule has 4 atom stereocenters. The summed E-state index contributed by atoms with van der Waals surface area (Å²) >= 11 is 3.23. The molecule has 1 saturated heterocycles. The van der Waals surface area contributed by atoms with E-state index in [2.05, 4.69) is 26.0 Å². The van der Waals surface area contributed by atoms with Crippen LogP contribution in [0.3, 0.4) is 0 Å². The van der Waals surface area contributed by atoms with E-state index in [1.807, 2.05) is 0 Å². The molecule has 1 fully saturated rings. The molecular weight excluding hydrogens is 362 g/mol. The third kappa shape index (κ3) is 2.05. The van der Waals surface area contributed by atoms with Crippen LogP contribution >= 0.6 is 15.9 Å². The van der Waals surface area contributed by atoms with Crippen LogP contribution in [0.1, 0.15) is 6.23 Å². The molecule has 1 aliphatic rings. The fraction of sp³-hybridized carbons (Fsp3) is 0.545. The van der Waals surface area contributed by atoms with Crippen LogP contribution in [0.5, 0.6) is 0 Å². The molecule has 3 heterocycles. The van der Waals surface area contributed by atoms with Crippen molar-refractivity contribution < 1.29 is 20.1 Å². The highest BCUT2D eigenvalue weighted by Gasteiger charge is 2.44. The second-order valence-corrected chi connectivity index (χ2v) is 5.75. The van der Waals surface area contributed by atoms with Crippen molar-refractivity contribution in [2.24, 2.45) is 7.05 Å². The van der Waals surface area contributed by atoms with Crippen LogP contribution in [0.15, 0.2) is 9.40 Å². The van der Waals surface area contributed by atoms with Gasteiger partial charge in [-0.3, -0.25) is 4.57 Å². The second-order valence-electron chi connectivity index (χ2n) is 5.00. The number of aliphatic hydroxyl groups is 3. The van der Waals surface area contributed by atoms with Gasteiger partial charge >= 0.3 is 5.69 Å². The van der Waals surface area contributed by atoms with Crippen molar-refractivity contribution in [2.75, 3.05) is 12.3 Å². The fourth-order valence-electron chi connectivity index (χ4n) is 2.52. The Kier molecular flexibility index (Phi) is 3.69.